The summed E-state index contributed by atoms with van der Waals surface area (Å²) in [7, 11) is 1.63. The molecule has 0 aliphatic heterocycles. The van der Waals surface area contributed by atoms with Crippen molar-refractivity contribution in [3.63, 3.8) is 0 Å². The Bertz CT molecular complexity index is 786. The van der Waals surface area contributed by atoms with Gasteiger partial charge in [0.15, 0.2) is 0 Å². The topological polar surface area (TPSA) is 71.5 Å². The molecule has 2 rings (SSSR count). The molecule has 28 heavy (non-hydrogen) atoms. The number of hydrogen-bond acceptors (Lipinski definition) is 4. The molecular formula is C22H29N3O3. The third kappa shape index (κ3) is 6.08. The van der Waals surface area contributed by atoms with Gasteiger partial charge in [0.25, 0.3) is 11.8 Å². The van der Waals surface area contributed by atoms with Gasteiger partial charge in [-0.2, -0.15) is 0 Å². The zero-order valence-electron chi connectivity index (χ0n) is 16.9. The number of nitrogens with zero attached hydrogens (tertiary/aromatic N) is 2. The summed E-state index contributed by atoms with van der Waals surface area (Å²) in [6, 6.07) is 11.0. The highest BCUT2D eigenvalue weighted by Gasteiger charge is 2.17. The first-order chi connectivity index (χ1) is 13.6. The smallest absolute Gasteiger partial charge is 0.272 e. The number of hydrogen-bond donors (Lipinski definition) is 1. The molecular weight excluding hydrogens is 354 g/mol. The van der Waals surface area contributed by atoms with E-state index in [2.05, 4.69) is 10.3 Å². The zero-order chi connectivity index (χ0) is 20.4. The molecule has 0 unspecified atom stereocenters. The lowest BCUT2D eigenvalue weighted by Crippen LogP contribution is -2.33. The number of nitrogens with one attached hydrogen (secondary N) is 1. The van der Waals surface area contributed by atoms with Crippen molar-refractivity contribution in [2.24, 2.45) is 0 Å². The van der Waals surface area contributed by atoms with Crippen molar-refractivity contribution in [2.45, 2.75) is 33.1 Å². The van der Waals surface area contributed by atoms with Crippen LogP contribution in [0.4, 0.5) is 0 Å². The Morgan fingerprint density at radius 2 is 1.86 bits per heavy atom. The highest BCUT2D eigenvalue weighted by atomic mass is 16.5. The number of amides is 2. The van der Waals surface area contributed by atoms with Crippen molar-refractivity contribution in [3.8, 4) is 5.75 Å². The molecule has 0 fully saturated rings. The zero-order valence-corrected chi connectivity index (χ0v) is 16.9. The molecule has 2 aromatic rings. The Morgan fingerprint density at radius 1 is 1.11 bits per heavy atom. The van der Waals surface area contributed by atoms with E-state index in [9.17, 15) is 9.59 Å². The van der Waals surface area contributed by atoms with Crippen LogP contribution in [0.3, 0.4) is 0 Å². The molecule has 0 radical (unpaired) electrons. The van der Waals surface area contributed by atoms with E-state index < -0.39 is 0 Å². The maximum atomic E-state index is 12.7. The molecule has 0 bridgehead atoms. The van der Waals surface area contributed by atoms with Crippen LogP contribution in [0.25, 0.3) is 0 Å². The third-order valence-electron chi connectivity index (χ3n) is 4.35. The summed E-state index contributed by atoms with van der Waals surface area (Å²) in [5, 5.41) is 2.90. The minimum Gasteiger partial charge on any atom is -0.497 e. The second-order valence-corrected chi connectivity index (χ2v) is 6.58. The summed E-state index contributed by atoms with van der Waals surface area (Å²) in [6.07, 6.45) is 3.98. The molecule has 1 N–H and O–H groups in total. The van der Waals surface area contributed by atoms with Gasteiger partial charge in [0.05, 0.1) is 7.11 Å². The van der Waals surface area contributed by atoms with Crippen LogP contribution in [-0.4, -0.2) is 48.4 Å². The average Bonchev–Trinajstić information content (AvgIpc) is 2.73. The van der Waals surface area contributed by atoms with E-state index in [1.54, 1.807) is 24.1 Å². The van der Waals surface area contributed by atoms with Gasteiger partial charge in [0, 0.05) is 31.4 Å². The Morgan fingerprint density at radius 3 is 2.54 bits per heavy atom. The van der Waals surface area contributed by atoms with Crippen molar-refractivity contribution in [1.82, 2.24) is 15.2 Å². The Labute approximate surface area is 166 Å². The molecule has 0 saturated heterocycles. The summed E-state index contributed by atoms with van der Waals surface area (Å²) >= 11 is 0. The van der Waals surface area contributed by atoms with Crippen LogP contribution < -0.4 is 10.1 Å². The van der Waals surface area contributed by atoms with Crippen LogP contribution in [0.5, 0.6) is 5.75 Å². The summed E-state index contributed by atoms with van der Waals surface area (Å²) in [4.78, 5) is 31.1. The lowest BCUT2D eigenvalue weighted by molar-refractivity contribution is 0.0749. The first-order valence-corrected chi connectivity index (χ1v) is 9.75. The maximum Gasteiger partial charge on any atom is 0.272 e. The Balaban J connectivity index is 1.98. The predicted octanol–water partition coefficient (Wildman–Crippen LogP) is 3.32. The molecule has 0 saturated carbocycles. The van der Waals surface area contributed by atoms with E-state index >= 15 is 0 Å². The first-order valence-electron chi connectivity index (χ1n) is 9.75. The van der Waals surface area contributed by atoms with Crippen molar-refractivity contribution >= 4 is 11.8 Å². The molecule has 1 aromatic heterocycles. The Kier molecular flexibility index (Phi) is 8.46. The summed E-state index contributed by atoms with van der Waals surface area (Å²) < 4.78 is 5.21. The third-order valence-corrected chi connectivity index (χ3v) is 4.35. The molecule has 1 aromatic carbocycles. The largest absolute Gasteiger partial charge is 0.497 e. The van der Waals surface area contributed by atoms with E-state index in [0.717, 1.165) is 24.2 Å². The van der Waals surface area contributed by atoms with Crippen LogP contribution in [0.1, 0.15) is 53.1 Å². The molecule has 2 amide bonds. The van der Waals surface area contributed by atoms with Gasteiger partial charge in [-0.1, -0.05) is 26.0 Å². The van der Waals surface area contributed by atoms with Gasteiger partial charge in [0.2, 0.25) is 0 Å². The highest BCUT2D eigenvalue weighted by Crippen LogP contribution is 2.13. The standard InChI is InChI=1S/C22H29N3O3/c1-4-13-25(14-5-2)22(27)20-16-18(10-12-23-20)21(26)24-11-9-17-7-6-8-19(15-17)28-3/h6-8,10,12,15-16H,4-5,9,11,13-14H2,1-3H3,(H,24,26). The van der Waals surface area contributed by atoms with Crippen LogP contribution in [-0.2, 0) is 6.42 Å². The van der Waals surface area contributed by atoms with Gasteiger partial charge in [-0.25, -0.2) is 0 Å². The normalized spacial score (nSPS) is 10.4. The van der Waals surface area contributed by atoms with Crippen LogP contribution in [0, 0.1) is 0 Å². The molecule has 1 heterocycles. The van der Waals surface area contributed by atoms with E-state index in [0.29, 0.717) is 37.3 Å². The number of ether oxygens (including phenoxy) is 1. The fourth-order valence-electron chi connectivity index (χ4n) is 2.96. The number of carbonyl (C=O) groups is 2. The summed E-state index contributed by atoms with van der Waals surface area (Å²) in [6.45, 7) is 5.94. The van der Waals surface area contributed by atoms with Crippen molar-refractivity contribution in [1.29, 1.82) is 0 Å². The molecule has 0 spiro atoms. The predicted molar refractivity (Wildman–Crippen MR) is 110 cm³/mol. The van der Waals surface area contributed by atoms with Gasteiger partial charge in [-0.15, -0.1) is 0 Å². The monoisotopic (exact) mass is 383 g/mol. The summed E-state index contributed by atoms with van der Waals surface area (Å²) in [5.41, 5.74) is 1.83. The maximum absolute atomic E-state index is 12.7. The van der Waals surface area contributed by atoms with Crippen molar-refractivity contribution in [3.05, 3.63) is 59.4 Å². The van der Waals surface area contributed by atoms with Crippen molar-refractivity contribution in [2.75, 3.05) is 26.7 Å². The number of rotatable bonds is 10. The molecule has 0 aliphatic carbocycles. The van der Waals surface area contributed by atoms with E-state index in [-0.39, 0.29) is 11.8 Å². The quantitative estimate of drug-likeness (QED) is 0.683. The average molecular weight is 383 g/mol. The van der Waals surface area contributed by atoms with E-state index in [1.165, 1.54) is 6.20 Å². The van der Waals surface area contributed by atoms with Crippen LogP contribution in [0.15, 0.2) is 42.6 Å². The lowest BCUT2D eigenvalue weighted by atomic mass is 10.1. The molecule has 0 aliphatic rings. The van der Waals surface area contributed by atoms with E-state index in [4.69, 9.17) is 4.74 Å². The minimum atomic E-state index is -0.211. The number of benzene rings is 1. The Hall–Kier alpha value is -2.89. The first kappa shape index (κ1) is 21.4. The van der Waals surface area contributed by atoms with Crippen LogP contribution in [0.2, 0.25) is 0 Å². The van der Waals surface area contributed by atoms with Crippen molar-refractivity contribution < 1.29 is 14.3 Å². The number of carbonyl (C=O) groups excluding carboxylic acids is 2. The molecule has 6 heteroatoms. The summed E-state index contributed by atoms with van der Waals surface area (Å²) in [5.74, 6) is 0.455. The number of pyridine rings is 1. The molecule has 6 nitrogen and oxygen atoms in total. The van der Waals surface area contributed by atoms with E-state index in [1.807, 2.05) is 38.1 Å². The van der Waals surface area contributed by atoms with Gasteiger partial charge in [0.1, 0.15) is 11.4 Å². The van der Waals surface area contributed by atoms with Gasteiger partial charge < -0.3 is 15.0 Å². The van der Waals surface area contributed by atoms with Crippen LogP contribution >= 0.6 is 0 Å². The minimum absolute atomic E-state index is 0.130. The SMILES string of the molecule is CCCN(CCC)C(=O)c1cc(C(=O)NCCc2cccc(OC)c2)ccn1. The fraction of sp³-hybridized carbons (Fsp3) is 0.409. The van der Waals surface area contributed by atoms with Gasteiger partial charge in [-0.3, -0.25) is 14.6 Å². The lowest BCUT2D eigenvalue weighted by Gasteiger charge is -2.21. The number of methoxy groups -OCH3 is 1. The molecule has 0 atom stereocenters. The fourth-order valence-corrected chi connectivity index (χ4v) is 2.96. The second-order valence-electron chi connectivity index (χ2n) is 6.58. The highest BCUT2D eigenvalue weighted by molar-refractivity contribution is 5.98. The second kappa shape index (κ2) is 11.1. The van der Waals surface area contributed by atoms with Gasteiger partial charge in [-0.05, 0) is 49.1 Å². The molecule has 150 valence electrons. The number of aromatic nitrogens is 1. The van der Waals surface area contributed by atoms with Gasteiger partial charge >= 0.3 is 0 Å².